The van der Waals surface area contributed by atoms with Gasteiger partial charge in [0.1, 0.15) is 0 Å². The molecule has 1 fully saturated rings. The Morgan fingerprint density at radius 3 is 2.56 bits per heavy atom. The van der Waals surface area contributed by atoms with E-state index in [0.717, 1.165) is 23.1 Å². The van der Waals surface area contributed by atoms with Crippen molar-refractivity contribution in [2.45, 2.75) is 32.1 Å². The highest BCUT2D eigenvalue weighted by Gasteiger charge is 2.32. The molecule has 144 valence electrons. The number of benzene rings is 2. The van der Waals surface area contributed by atoms with E-state index in [1.807, 2.05) is 61.5 Å². The fourth-order valence-electron chi connectivity index (χ4n) is 3.42. The van der Waals surface area contributed by atoms with Gasteiger partial charge >= 0.3 is 0 Å². The molecular weight excluding hydrogens is 360 g/mol. The monoisotopic (exact) mass is 386 g/mol. The lowest BCUT2D eigenvalue weighted by atomic mass is 9.98. The summed E-state index contributed by atoms with van der Waals surface area (Å²) in [6, 6.07) is 17.1. The second-order valence-corrected chi connectivity index (χ2v) is 9.05. The summed E-state index contributed by atoms with van der Waals surface area (Å²) in [5.74, 6) is -0.392. The zero-order chi connectivity index (χ0) is 19.3. The van der Waals surface area contributed by atoms with E-state index in [1.54, 1.807) is 0 Å². The van der Waals surface area contributed by atoms with Crippen molar-refractivity contribution in [2.24, 2.45) is 5.92 Å². The van der Waals surface area contributed by atoms with Crippen LogP contribution in [-0.2, 0) is 27.1 Å². The molecule has 1 aliphatic heterocycles. The molecule has 0 saturated carbocycles. The third kappa shape index (κ3) is 5.17. The summed E-state index contributed by atoms with van der Waals surface area (Å²) in [6.07, 6.45) is 1.42. The van der Waals surface area contributed by atoms with E-state index >= 15 is 0 Å². The second kappa shape index (κ2) is 8.67. The summed E-state index contributed by atoms with van der Waals surface area (Å²) in [6.45, 7) is 3.23. The maximum Gasteiger partial charge on any atom is 0.224 e. The summed E-state index contributed by atoms with van der Waals surface area (Å²) in [5.41, 5.74) is 2.98. The zero-order valence-electron chi connectivity index (χ0n) is 15.6. The van der Waals surface area contributed by atoms with Gasteiger partial charge in [0.2, 0.25) is 15.9 Å². The van der Waals surface area contributed by atoms with Gasteiger partial charge in [-0.1, -0.05) is 54.6 Å². The van der Waals surface area contributed by atoms with Crippen molar-refractivity contribution in [1.82, 2.24) is 9.62 Å². The van der Waals surface area contributed by atoms with Crippen molar-refractivity contribution < 1.29 is 13.2 Å². The fourth-order valence-corrected chi connectivity index (χ4v) is 5.03. The van der Waals surface area contributed by atoms with Crippen molar-refractivity contribution in [3.05, 3.63) is 71.3 Å². The van der Waals surface area contributed by atoms with Gasteiger partial charge in [0, 0.05) is 19.6 Å². The number of amides is 1. The van der Waals surface area contributed by atoms with Crippen LogP contribution in [-0.4, -0.2) is 31.7 Å². The van der Waals surface area contributed by atoms with Crippen LogP contribution >= 0.6 is 0 Å². The smallest absolute Gasteiger partial charge is 0.224 e. The SMILES string of the molecule is Cc1ccccc1CNC(=O)C1CCCN(S(=O)(=O)Cc2ccccc2)C1. The molecule has 6 heteroatoms. The molecular formula is C21H26N2O3S. The maximum atomic E-state index is 12.7. The summed E-state index contributed by atoms with van der Waals surface area (Å²) >= 11 is 0. The van der Waals surface area contributed by atoms with Crippen molar-refractivity contribution in [3.63, 3.8) is 0 Å². The Morgan fingerprint density at radius 1 is 1.11 bits per heavy atom. The lowest BCUT2D eigenvalue weighted by Gasteiger charge is -2.31. The van der Waals surface area contributed by atoms with Gasteiger partial charge < -0.3 is 5.32 Å². The van der Waals surface area contributed by atoms with Gasteiger partial charge in [0.25, 0.3) is 0 Å². The van der Waals surface area contributed by atoms with Crippen LogP contribution in [0.4, 0.5) is 0 Å². The van der Waals surface area contributed by atoms with Crippen LogP contribution in [0, 0.1) is 12.8 Å². The van der Waals surface area contributed by atoms with E-state index in [0.29, 0.717) is 19.5 Å². The molecule has 3 rings (SSSR count). The molecule has 5 nitrogen and oxygen atoms in total. The number of carbonyl (C=O) groups is 1. The third-order valence-electron chi connectivity index (χ3n) is 5.05. The molecule has 1 amide bonds. The van der Waals surface area contributed by atoms with Crippen LogP contribution in [0.2, 0.25) is 0 Å². The quantitative estimate of drug-likeness (QED) is 0.830. The van der Waals surface area contributed by atoms with Crippen LogP contribution in [0.25, 0.3) is 0 Å². The summed E-state index contributed by atoms with van der Waals surface area (Å²) in [7, 11) is -3.42. The Labute approximate surface area is 161 Å². The van der Waals surface area contributed by atoms with Gasteiger partial charge in [-0.2, -0.15) is 0 Å². The number of rotatable bonds is 6. The Hall–Kier alpha value is -2.18. The number of aryl methyl sites for hydroxylation is 1. The molecule has 1 unspecified atom stereocenters. The minimum absolute atomic E-state index is 0.0224. The number of nitrogens with one attached hydrogen (secondary N) is 1. The van der Waals surface area contributed by atoms with Gasteiger partial charge in [-0.15, -0.1) is 0 Å². The number of hydrogen-bond acceptors (Lipinski definition) is 3. The average molecular weight is 387 g/mol. The van der Waals surface area contributed by atoms with E-state index < -0.39 is 10.0 Å². The lowest BCUT2D eigenvalue weighted by Crippen LogP contribution is -2.45. The second-order valence-electron chi connectivity index (χ2n) is 7.08. The van der Waals surface area contributed by atoms with Gasteiger partial charge in [-0.25, -0.2) is 12.7 Å². The Morgan fingerprint density at radius 2 is 1.81 bits per heavy atom. The molecule has 0 bridgehead atoms. The minimum atomic E-state index is -3.42. The normalized spacial score (nSPS) is 18.2. The van der Waals surface area contributed by atoms with E-state index in [-0.39, 0.29) is 24.1 Å². The van der Waals surface area contributed by atoms with Gasteiger partial charge in [0.15, 0.2) is 0 Å². The first-order chi connectivity index (χ1) is 13.0. The number of piperidine rings is 1. The van der Waals surface area contributed by atoms with Crippen molar-refractivity contribution >= 4 is 15.9 Å². The Bertz CT molecular complexity index is 881. The highest BCUT2D eigenvalue weighted by Crippen LogP contribution is 2.22. The molecule has 1 saturated heterocycles. The maximum absolute atomic E-state index is 12.7. The lowest BCUT2D eigenvalue weighted by molar-refractivity contribution is -0.126. The molecule has 1 heterocycles. The first-order valence-electron chi connectivity index (χ1n) is 9.30. The molecule has 0 aromatic heterocycles. The number of nitrogens with zero attached hydrogens (tertiary/aromatic N) is 1. The molecule has 2 aromatic carbocycles. The predicted molar refractivity (Wildman–Crippen MR) is 106 cm³/mol. The van der Waals surface area contributed by atoms with Gasteiger partial charge in [0.05, 0.1) is 11.7 Å². The largest absolute Gasteiger partial charge is 0.352 e. The standard InChI is InChI=1S/C21H26N2O3S/c1-17-8-5-6-11-19(17)14-22-21(24)20-12-7-13-23(15-20)27(25,26)16-18-9-3-2-4-10-18/h2-6,8-11,20H,7,12-16H2,1H3,(H,22,24). The third-order valence-corrected chi connectivity index (χ3v) is 6.87. The molecule has 2 aromatic rings. The zero-order valence-corrected chi connectivity index (χ0v) is 16.4. The molecule has 27 heavy (non-hydrogen) atoms. The van der Waals surface area contributed by atoms with Crippen LogP contribution < -0.4 is 5.32 Å². The Balaban J connectivity index is 1.60. The fraction of sp³-hybridized carbons (Fsp3) is 0.381. The number of sulfonamides is 1. The topological polar surface area (TPSA) is 66.5 Å². The van der Waals surface area contributed by atoms with E-state index in [9.17, 15) is 13.2 Å². The van der Waals surface area contributed by atoms with Gasteiger partial charge in [-0.05, 0) is 36.5 Å². The van der Waals surface area contributed by atoms with Crippen LogP contribution in [0.1, 0.15) is 29.5 Å². The van der Waals surface area contributed by atoms with Crippen molar-refractivity contribution in [3.8, 4) is 0 Å². The Kier molecular flexibility index (Phi) is 6.29. The van der Waals surface area contributed by atoms with Crippen LogP contribution in [0.5, 0.6) is 0 Å². The first-order valence-corrected chi connectivity index (χ1v) is 10.9. The highest BCUT2D eigenvalue weighted by molar-refractivity contribution is 7.88. The molecule has 0 aliphatic carbocycles. The molecule has 1 N–H and O–H groups in total. The minimum Gasteiger partial charge on any atom is -0.352 e. The molecule has 0 radical (unpaired) electrons. The van der Waals surface area contributed by atoms with E-state index in [4.69, 9.17) is 0 Å². The summed E-state index contributed by atoms with van der Waals surface area (Å²) in [4.78, 5) is 12.6. The van der Waals surface area contributed by atoms with E-state index in [1.165, 1.54) is 4.31 Å². The molecule has 1 atom stereocenters. The van der Waals surface area contributed by atoms with Gasteiger partial charge in [-0.3, -0.25) is 4.79 Å². The summed E-state index contributed by atoms with van der Waals surface area (Å²) in [5, 5.41) is 2.97. The highest BCUT2D eigenvalue weighted by atomic mass is 32.2. The summed E-state index contributed by atoms with van der Waals surface area (Å²) < 4.78 is 27.0. The van der Waals surface area contributed by atoms with Crippen LogP contribution in [0.15, 0.2) is 54.6 Å². The molecule has 1 aliphatic rings. The number of hydrogen-bond donors (Lipinski definition) is 1. The van der Waals surface area contributed by atoms with Crippen molar-refractivity contribution in [2.75, 3.05) is 13.1 Å². The number of carbonyl (C=O) groups excluding carboxylic acids is 1. The first kappa shape index (κ1) is 19.6. The van der Waals surface area contributed by atoms with Crippen LogP contribution in [0.3, 0.4) is 0 Å². The average Bonchev–Trinajstić information content (AvgIpc) is 2.68. The predicted octanol–water partition coefficient (Wildman–Crippen LogP) is 2.85. The molecule has 0 spiro atoms. The van der Waals surface area contributed by atoms with E-state index in [2.05, 4.69) is 5.32 Å². The van der Waals surface area contributed by atoms with Crippen molar-refractivity contribution in [1.29, 1.82) is 0 Å².